The topological polar surface area (TPSA) is 55.4 Å². The van der Waals surface area contributed by atoms with Gasteiger partial charge in [0.2, 0.25) is 10.0 Å². The Bertz CT molecular complexity index is 455. The molecule has 0 aliphatic carbocycles. The SMILES string of the molecule is COCCC(C)NS(=O)(=O)c1cc(Cl)c(Br)s1. The Balaban J connectivity index is 2.75. The van der Waals surface area contributed by atoms with Gasteiger partial charge in [-0.25, -0.2) is 13.1 Å². The molecule has 1 aromatic heterocycles. The van der Waals surface area contributed by atoms with E-state index in [1.54, 1.807) is 14.0 Å². The van der Waals surface area contributed by atoms with Crippen molar-refractivity contribution < 1.29 is 13.2 Å². The van der Waals surface area contributed by atoms with E-state index >= 15 is 0 Å². The second kappa shape index (κ2) is 6.49. The molecular formula is C9H13BrClNO3S2. The quantitative estimate of drug-likeness (QED) is 0.846. The van der Waals surface area contributed by atoms with Crippen LogP contribution in [0.2, 0.25) is 5.02 Å². The van der Waals surface area contributed by atoms with E-state index in [2.05, 4.69) is 20.7 Å². The molecule has 0 aliphatic rings. The van der Waals surface area contributed by atoms with Crippen LogP contribution in [0.1, 0.15) is 13.3 Å². The number of ether oxygens (including phenoxy) is 1. The van der Waals surface area contributed by atoms with Crippen molar-refractivity contribution in [3.63, 3.8) is 0 Å². The maximum Gasteiger partial charge on any atom is 0.250 e. The van der Waals surface area contributed by atoms with E-state index in [9.17, 15) is 8.42 Å². The lowest BCUT2D eigenvalue weighted by Gasteiger charge is -2.12. The number of nitrogens with one attached hydrogen (secondary N) is 1. The average molecular weight is 363 g/mol. The molecule has 1 atom stereocenters. The molecule has 17 heavy (non-hydrogen) atoms. The predicted molar refractivity (Wildman–Crippen MR) is 73.3 cm³/mol. The summed E-state index contributed by atoms with van der Waals surface area (Å²) < 4.78 is 32.2. The summed E-state index contributed by atoms with van der Waals surface area (Å²) in [7, 11) is -1.91. The summed E-state index contributed by atoms with van der Waals surface area (Å²) in [4.78, 5) is 0. The van der Waals surface area contributed by atoms with Crippen LogP contribution in [0.25, 0.3) is 0 Å². The molecule has 0 bridgehead atoms. The number of hydrogen-bond donors (Lipinski definition) is 1. The van der Waals surface area contributed by atoms with Gasteiger partial charge in [0.1, 0.15) is 4.21 Å². The van der Waals surface area contributed by atoms with E-state index in [0.29, 0.717) is 21.8 Å². The largest absolute Gasteiger partial charge is 0.385 e. The van der Waals surface area contributed by atoms with Crippen molar-refractivity contribution in [2.45, 2.75) is 23.6 Å². The Morgan fingerprint density at radius 2 is 2.29 bits per heavy atom. The maximum atomic E-state index is 12.0. The molecule has 1 aromatic rings. The van der Waals surface area contributed by atoms with Gasteiger partial charge in [-0.3, -0.25) is 0 Å². The van der Waals surface area contributed by atoms with Gasteiger partial charge in [0.15, 0.2) is 0 Å². The van der Waals surface area contributed by atoms with Gasteiger partial charge in [-0.15, -0.1) is 11.3 Å². The van der Waals surface area contributed by atoms with Gasteiger partial charge >= 0.3 is 0 Å². The van der Waals surface area contributed by atoms with E-state index < -0.39 is 10.0 Å². The smallest absolute Gasteiger partial charge is 0.250 e. The van der Waals surface area contributed by atoms with Crippen LogP contribution in [0.4, 0.5) is 0 Å². The summed E-state index contributed by atoms with van der Waals surface area (Å²) in [6.45, 7) is 2.30. The van der Waals surface area contributed by atoms with E-state index in [4.69, 9.17) is 16.3 Å². The van der Waals surface area contributed by atoms with Crippen molar-refractivity contribution in [2.24, 2.45) is 0 Å². The number of halogens is 2. The van der Waals surface area contributed by atoms with E-state index in [-0.39, 0.29) is 10.3 Å². The molecule has 1 unspecified atom stereocenters. The summed E-state index contributed by atoms with van der Waals surface area (Å²) in [6.07, 6.45) is 0.621. The molecule has 1 rings (SSSR count). The molecule has 0 radical (unpaired) electrons. The highest BCUT2D eigenvalue weighted by atomic mass is 79.9. The van der Waals surface area contributed by atoms with E-state index in [1.807, 2.05) is 0 Å². The Kier molecular flexibility index (Phi) is 5.88. The average Bonchev–Trinajstić information content (AvgIpc) is 2.56. The minimum absolute atomic E-state index is 0.181. The fourth-order valence-electron chi connectivity index (χ4n) is 1.14. The molecule has 4 nitrogen and oxygen atoms in total. The molecule has 98 valence electrons. The molecule has 0 amide bonds. The van der Waals surface area contributed by atoms with Crippen molar-refractivity contribution >= 4 is 48.9 Å². The first-order valence-corrected chi connectivity index (χ1v) is 8.30. The van der Waals surface area contributed by atoms with E-state index in [0.717, 1.165) is 11.3 Å². The molecule has 0 aliphatic heterocycles. The second-order valence-electron chi connectivity index (χ2n) is 3.49. The van der Waals surface area contributed by atoms with Crippen molar-refractivity contribution in [3.8, 4) is 0 Å². The maximum absolute atomic E-state index is 12.0. The van der Waals surface area contributed by atoms with Crippen LogP contribution in [-0.4, -0.2) is 28.2 Å². The lowest BCUT2D eigenvalue weighted by atomic mass is 10.3. The molecule has 1 heterocycles. The summed E-state index contributed by atoms with van der Waals surface area (Å²) in [5.74, 6) is 0. The third-order valence-electron chi connectivity index (χ3n) is 2.00. The second-order valence-corrected chi connectivity index (χ2v) is 8.21. The van der Waals surface area contributed by atoms with E-state index in [1.165, 1.54) is 6.07 Å². The first kappa shape index (κ1) is 15.4. The minimum atomic E-state index is -3.49. The van der Waals surface area contributed by atoms with Crippen molar-refractivity contribution in [2.75, 3.05) is 13.7 Å². The third-order valence-corrected chi connectivity index (χ3v) is 6.54. The summed E-state index contributed by atoms with van der Waals surface area (Å²) in [6, 6.07) is 1.25. The van der Waals surface area contributed by atoms with Gasteiger partial charge in [0.05, 0.1) is 8.81 Å². The molecule has 0 saturated heterocycles. The van der Waals surface area contributed by atoms with Gasteiger partial charge in [-0.05, 0) is 35.3 Å². The lowest BCUT2D eigenvalue weighted by Crippen LogP contribution is -2.32. The number of methoxy groups -OCH3 is 1. The van der Waals surface area contributed by atoms with Crippen LogP contribution in [-0.2, 0) is 14.8 Å². The molecule has 8 heteroatoms. The highest BCUT2D eigenvalue weighted by Crippen LogP contribution is 2.34. The Morgan fingerprint density at radius 1 is 1.65 bits per heavy atom. The Hall–Kier alpha value is 0.340. The third kappa shape index (κ3) is 4.50. The molecule has 1 N–H and O–H groups in total. The zero-order valence-corrected chi connectivity index (χ0v) is 13.3. The van der Waals surface area contributed by atoms with Gasteiger partial charge in [-0.2, -0.15) is 0 Å². The standard InChI is InChI=1S/C9H13BrClNO3S2/c1-6(3-4-15-2)12-17(13,14)8-5-7(11)9(10)16-8/h5-6,12H,3-4H2,1-2H3. The van der Waals surface area contributed by atoms with Crippen molar-refractivity contribution in [3.05, 3.63) is 14.9 Å². The van der Waals surface area contributed by atoms with Crippen LogP contribution in [0.3, 0.4) is 0 Å². The van der Waals surface area contributed by atoms with Crippen LogP contribution < -0.4 is 4.72 Å². The fraction of sp³-hybridized carbons (Fsp3) is 0.556. The number of hydrogen-bond acceptors (Lipinski definition) is 4. The van der Waals surface area contributed by atoms with Crippen LogP contribution in [0.5, 0.6) is 0 Å². The van der Waals surface area contributed by atoms with Crippen LogP contribution in [0.15, 0.2) is 14.1 Å². The predicted octanol–water partition coefficient (Wildman–Crippen LogP) is 2.87. The van der Waals surface area contributed by atoms with Crippen LogP contribution >= 0.6 is 38.9 Å². The van der Waals surface area contributed by atoms with Gasteiger partial charge in [0, 0.05) is 19.8 Å². The zero-order valence-electron chi connectivity index (χ0n) is 9.37. The molecule has 0 spiro atoms. The van der Waals surface area contributed by atoms with Crippen LogP contribution in [0, 0.1) is 0 Å². The molecule has 0 fully saturated rings. The summed E-state index contributed by atoms with van der Waals surface area (Å²) in [5.41, 5.74) is 0. The number of rotatable bonds is 6. The highest BCUT2D eigenvalue weighted by molar-refractivity contribution is 9.11. The summed E-state index contributed by atoms with van der Waals surface area (Å²) in [5, 5.41) is 0.403. The Morgan fingerprint density at radius 3 is 2.76 bits per heavy atom. The van der Waals surface area contributed by atoms with Crippen molar-refractivity contribution in [1.29, 1.82) is 0 Å². The summed E-state index contributed by atoms with van der Waals surface area (Å²) >= 11 is 10.1. The normalized spacial score (nSPS) is 13.9. The monoisotopic (exact) mass is 361 g/mol. The van der Waals surface area contributed by atoms with Gasteiger partial charge < -0.3 is 4.74 Å². The van der Waals surface area contributed by atoms with Crippen molar-refractivity contribution in [1.82, 2.24) is 4.72 Å². The molecule has 0 aromatic carbocycles. The Labute approximate surface area is 118 Å². The number of thiophene rings is 1. The first-order valence-electron chi connectivity index (χ1n) is 4.83. The van der Waals surface area contributed by atoms with Gasteiger partial charge in [0.25, 0.3) is 0 Å². The lowest BCUT2D eigenvalue weighted by molar-refractivity contribution is 0.188. The molecular weight excluding hydrogens is 350 g/mol. The number of sulfonamides is 1. The fourth-order valence-corrected chi connectivity index (χ4v) is 4.83. The minimum Gasteiger partial charge on any atom is -0.385 e. The highest BCUT2D eigenvalue weighted by Gasteiger charge is 2.20. The first-order chi connectivity index (χ1) is 7.86. The van der Waals surface area contributed by atoms with Gasteiger partial charge in [-0.1, -0.05) is 11.6 Å². The zero-order chi connectivity index (χ0) is 13.1. The molecule has 0 saturated carbocycles.